The van der Waals surface area contributed by atoms with E-state index < -0.39 is 86.8 Å². The zero-order valence-electron chi connectivity index (χ0n) is 51.6. The van der Waals surface area contributed by atoms with Crippen molar-refractivity contribution in [2.24, 2.45) is 0 Å². The minimum Gasteiger partial charge on any atom is -0.394 e. The minimum absolute atomic E-state index is 0.256. The largest absolute Gasteiger partial charge is 0.394 e. The van der Waals surface area contributed by atoms with Crippen molar-refractivity contribution in [3.63, 3.8) is 0 Å². The van der Waals surface area contributed by atoms with Gasteiger partial charge in [0.25, 0.3) is 0 Å². The van der Waals surface area contributed by atoms with Gasteiger partial charge in [-0.05, 0) is 109 Å². The molecule has 478 valence electrons. The fourth-order valence-corrected chi connectivity index (χ4v) is 9.63. The van der Waals surface area contributed by atoms with Gasteiger partial charge < -0.3 is 65.1 Å². The van der Waals surface area contributed by atoms with E-state index in [9.17, 15) is 45.6 Å². The van der Waals surface area contributed by atoms with Crippen LogP contribution in [-0.4, -0.2) is 140 Å². The highest BCUT2D eigenvalue weighted by Crippen LogP contribution is 2.30. The van der Waals surface area contributed by atoms with E-state index in [2.05, 4.69) is 141 Å². The number of hydrogen-bond donors (Lipinski definition) is 9. The summed E-state index contributed by atoms with van der Waals surface area (Å²) in [5.41, 5.74) is 0. The van der Waals surface area contributed by atoms with Gasteiger partial charge >= 0.3 is 0 Å². The van der Waals surface area contributed by atoms with Crippen LogP contribution in [0.4, 0.5) is 0 Å². The number of amides is 1. The second kappa shape index (κ2) is 53.4. The van der Waals surface area contributed by atoms with Crippen molar-refractivity contribution < 1.29 is 64.6 Å². The SMILES string of the molecule is CC/C=C\C/C=C\C/C=C\C/C=C\C/C=C\C/C=C\C/C=C\C/C=C\CCCCCCCCCCCCC(=O)NC(COC1OC(CO)C(OC2OC(CO)C(O)C(O)C2O)C(O)C1O)C(O)/C=C/CC/C=C/CC/C=C/CCCCCCC. The van der Waals surface area contributed by atoms with Gasteiger partial charge in [0, 0.05) is 6.42 Å². The van der Waals surface area contributed by atoms with Gasteiger partial charge in [0.15, 0.2) is 12.6 Å². The molecule has 0 spiro atoms. The van der Waals surface area contributed by atoms with E-state index in [1.807, 2.05) is 6.08 Å². The zero-order chi connectivity index (χ0) is 60.9. The smallest absolute Gasteiger partial charge is 0.220 e. The van der Waals surface area contributed by atoms with E-state index in [4.69, 9.17) is 18.9 Å². The second-order valence-electron chi connectivity index (χ2n) is 22.1. The number of aliphatic hydroxyl groups is 8. The van der Waals surface area contributed by atoms with Crippen molar-refractivity contribution >= 4 is 5.91 Å². The lowest BCUT2D eigenvalue weighted by molar-refractivity contribution is -0.359. The number of allylic oxidation sites excluding steroid dienone is 21. The Labute approximate surface area is 507 Å². The summed E-state index contributed by atoms with van der Waals surface area (Å²) in [6.07, 6.45) is 62.1. The maximum Gasteiger partial charge on any atom is 0.220 e. The number of nitrogens with one attached hydrogen (secondary N) is 1. The van der Waals surface area contributed by atoms with Gasteiger partial charge in [-0.25, -0.2) is 0 Å². The molecule has 12 atom stereocenters. The second-order valence-corrected chi connectivity index (χ2v) is 22.1. The first-order valence-corrected chi connectivity index (χ1v) is 32.4. The summed E-state index contributed by atoms with van der Waals surface area (Å²) in [6, 6.07) is -0.949. The highest BCUT2D eigenvalue weighted by Gasteiger charge is 2.51. The Bertz CT molecular complexity index is 1920. The summed E-state index contributed by atoms with van der Waals surface area (Å²) in [4.78, 5) is 13.3. The summed E-state index contributed by atoms with van der Waals surface area (Å²) in [6.45, 7) is 2.62. The Balaban J connectivity index is 1.68. The molecule has 12 unspecified atom stereocenters. The number of aliphatic hydroxyl groups excluding tert-OH is 8. The average Bonchev–Trinajstić information content (AvgIpc) is 3.23. The van der Waals surface area contributed by atoms with Crippen LogP contribution in [0.2, 0.25) is 0 Å². The molecule has 0 saturated carbocycles. The van der Waals surface area contributed by atoms with Gasteiger partial charge in [0.2, 0.25) is 5.91 Å². The Morgan fingerprint density at radius 1 is 0.440 bits per heavy atom. The zero-order valence-corrected chi connectivity index (χ0v) is 51.6. The monoisotopic (exact) mass is 1180 g/mol. The topological polar surface area (TPSA) is 228 Å². The fourth-order valence-electron chi connectivity index (χ4n) is 9.63. The molecule has 2 fully saturated rings. The van der Waals surface area contributed by atoms with E-state index in [0.29, 0.717) is 12.8 Å². The molecule has 0 aliphatic carbocycles. The molecule has 14 nitrogen and oxygen atoms in total. The molecule has 0 bridgehead atoms. The summed E-state index contributed by atoms with van der Waals surface area (Å²) in [5, 5.41) is 87.1. The standard InChI is InChI=1S/C70H115NO13/c1-3-5-7-9-11-13-15-17-19-20-21-22-23-24-25-26-27-28-29-30-31-32-33-34-35-36-37-38-40-42-44-46-48-50-52-54-62(75)71-58(59(74)53-51-49-47-45-43-41-39-18-16-14-12-10-8-6-4-2)57-81-69-67(80)65(78)68(61(56-73)83-69)84-70-66(79)64(77)63(76)60(55-72)82-70/h5,7,11,13,16-19,21-22,24-25,27-28,30-31,33-34,43,45,51,53,58-61,63-70,72-74,76-80H,3-4,6,8-10,12,14-15,20,23,26,29,32,35-42,44,46-50,52,54-57H2,1-2H3,(H,71,75)/b7-5-,13-11-,18-16+,19-17-,22-21-,25-24-,28-27-,31-30-,34-33-,45-43+,53-51+. The summed E-state index contributed by atoms with van der Waals surface area (Å²) in [5.74, 6) is -0.265. The molecule has 2 aliphatic rings. The van der Waals surface area contributed by atoms with Crippen LogP contribution in [0.1, 0.15) is 206 Å². The first kappa shape index (κ1) is 76.2. The Morgan fingerprint density at radius 2 is 0.833 bits per heavy atom. The van der Waals surface area contributed by atoms with Crippen LogP contribution in [-0.2, 0) is 23.7 Å². The number of carbonyl (C=O) groups excluding carboxylic acids is 1. The Kier molecular flexibility index (Phi) is 48.4. The summed E-state index contributed by atoms with van der Waals surface area (Å²) >= 11 is 0. The van der Waals surface area contributed by atoms with Crippen LogP contribution < -0.4 is 5.32 Å². The maximum atomic E-state index is 13.3. The van der Waals surface area contributed by atoms with E-state index in [1.165, 1.54) is 70.6 Å². The van der Waals surface area contributed by atoms with Crippen molar-refractivity contribution in [3.8, 4) is 0 Å². The first-order valence-electron chi connectivity index (χ1n) is 32.4. The molecule has 1 amide bonds. The van der Waals surface area contributed by atoms with E-state index in [-0.39, 0.29) is 18.9 Å². The molecule has 14 heteroatoms. The molecule has 0 aromatic carbocycles. The highest BCUT2D eigenvalue weighted by atomic mass is 16.7. The summed E-state index contributed by atoms with van der Waals surface area (Å²) < 4.78 is 22.8. The van der Waals surface area contributed by atoms with Crippen LogP contribution in [0.3, 0.4) is 0 Å². The molecule has 84 heavy (non-hydrogen) atoms. The van der Waals surface area contributed by atoms with Gasteiger partial charge in [-0.3, -0.25) is 4.79 Å². The normalized spacial score (nSPS) is 24.6. The molecule has 2 aliphatic heterocycles. The van der Waals surface area contributed by atoms with Crippen LogP contribution in [0.25, 0.3) is 0 Å². The van der Waals surface area contributed by atoms with Gasteiger partial charge in [-0.15, -0.1) is 0 Å². The molecular formula is C70H115NO13. The molecule has 2 saturated heterocycles. The van der Waals surface area contributed by atoms with Crippen molar-refractivity contribution in [2.75, 3.05) is 19.8 Å². The first-order chi connectivity index (χ1) is 41.1. The van der Waals surface area contributed by atoms with Gasteiger partial charge in [-0.2, -0.15) is 0 Å². The molecule has 9 N–H and O–H groups in total. The molecule has 2 heterocycles. The fraction of sp³-hybridized carbons (Fsp3) is 0.671. The van der Waals surface area contributed by atoms with Crippen molar-refractivity contribution in [1.82, 2.24) is 5.32 Å². The average molecular weight is 1180 g/mol. The third-order valence-corrected chi connectivity index (χ3v) is 14.8. The van der Waals surface area contributed by atoms with Crippen LogP contribution >= 0.6 is 0 Å². The van der Waals surface area contributed by atoms with Crippen molar-refractivity contribution in [1.29, 1.82) is 0 Å². The summed E-state index contributed by atoms with van der Waals surface area (Å²) in [7, 11) is 0. The van der Waals surface area contributed by atoms with E-state index in [1.54, 1.807) is 6.08 Å². The van der Waals surface area contributed by atoms with Crippen molar-refractivity contribution in [2.45, 2.75) is 280 Å². The van der Waals surface area contributed by atoms with E-state index in [0.717, 1.165) is 103 Å². The third kappa shape index (κ3) is 37.6. The quantitative estimate of drug-likeness (QED) is 0.0204. The number of ether oxygens (including phenoxy) is 4. The third-order valence-electron chi connectivity index (χ3n) is 14.8. The predicted molar refractivity (Wildman–Crippen MR) is 341 cm³/mol. The number of carbonyl (C=O) groups is 1. The molecular weight excluding hydrogens is 1060 g/mol. The maximum absolute atomic E-state index is 13.3. The minimum atomic E-state index is -1.80. The van der Waals surface area contributed by atoms with Gasteiger partial charge in [-0.1, -0.05) is 225 Å². The lowest BCUT2D eigenvalue weighted by atomic mass is 9.97. The molecule has 0 radical (unpaired) electrons. The molecule has 2 rings (SSSR count). The Hall–Kier alpha value is -3.87. The Morgan fingerprint density at radius 3 is 1.31 bits per heavy atom. The van der Waals surface area contributed by atoms with Gasteiger partial charge in [0.05, 0.1) is 32.0 Å². The molecule has 0 aromatic heterocycles. The number of hydrogen-bond acceptors (Lipinski definition) is 13. The van der Waals surface area contributed by atoms with Gasteiger partial charge in [0.1, 0.15) is 48.8 Å². The van der Waals surface area contributed by atoms with Crippen LogP contribution in [0, 0.1) is 0 Å². The van der Waals surface area contributed by atoms with Crippen molar-refractivity contribution in [3.05, 3.63) is 134 Å². The number of unbranched alkanes of at least 4 members (excludes halogenated alkanes) is 17. The van der Waals surface area contributed by atoms with Crippen LogP contribution in [0.5, 0.6) is 0 Å². The highest BCUT2D eigenvalue weighted by molar-refractivity contribution is 5.76. The van der Waals surface area contributed by atoms with Crippen LogP contribution in [0.15, 0.2) is 134 Å². The lowest BCUT2D eigenvalue weighted by Crippen LogP contribution is -2.65. The lowest BCUT2D eigenvalue weighted by Gasteiger charge is -2.46. The molecule has 0 aromatic rings. The van der Waals surface area contributed by atoms with E-state index >= 15 is 0 Å². The predicted octanol–water partition coefficient (Wildman–Crippen LogP) is 12.3. The number of rotatable bonds is 50.